The van der Waals surface area contributed by atoms with Crippen LogP contribution in [0.25, 0.3) is 0 Å². The molecule has 0 saturated heterocycles. The van der Waals surface area contributed by atoms with E-state index in [-0.39, 0.29) is 0 Å². The van der Waals surface area contributed by atoms with Gasteiger partial charge >= 0.3 is 0 Å². The Hall–Kier alpha value is 0.140. The summed E-state index contributed by atoms with van der Waals surface area (Å²) in [6.45, 7) is 4.17. The Morgan fingerprint density at radius 2 is 2.21 bits per heavy atom. The third-order valence-corrected chi connectivity index (χ3v) is 4.48. The second-order valence-corrected chi connectivity index (χ2v) is 5.55. The fourth-order valence-corrected chi connectivity index (χ4v) is 3.23. The van der Waals surface area contributed by atoms with E-state index in [1.807, 2.05) is 6.07 Å². The SMILES string of the molecule is CCCC(O)(CC)Cc1sccc1Br. The molecule has 1 atom stereocenters. The molecule has 1 rings (SSSR count). The summed E-state index contributed by atoms with van der Waals surface area (Å²) in [5, 5.41) is 12.4. The molecule has 1 nitrogen and oxygen atoms in total. The molecule has 1 aromatic rings. The van der Waals surface area contributed by atoms with E-state index in [1.165, 1.54) is 4.88 Å². The van der Waals surface area contributed by atoms with Gasteiger partial charge in [0.1, 0.15) is 0 Å². The van der Waals surface area contributed by atoms with Crippen LogP contribution in [0.5, 0.6) is 0 Å². The van der Waals surface area contributed by atoms with Crippen molar-refractivity contribution in [1.29, 1.82) is 0 Å². The predicted octanol–water partition coefficient (Wildman–Crippen LogP) is 3.99. The van der Waals surface area contributed by atoms with Crippen LogP contribution in [0.3, 0.4) is 0 Å². The Bertz CT molecular complexity index is 285. The predicted molar refractivity (Wildman–Crippen MR) is 65.9 cm³/mol. The van der Waals surface area contributed by atoms with E-state index in [0.29, 0.717) is 0 Å². The second-order valence-electron chi connectivity index (χ2n) is 3.70. The number of hydrogen-bond acceptors (Lipinski definition) is 2. The summed E-state index contributed by atoms with van der Waals surface area (Å²) in [7, 11) is 0. The monoisotopic (exact) mass is 276 g/mol. The van der Waals surface area contributed by atoms with E-state index in [9.17, 15) is 5.11 Å². The van der Waals surface area contributed by atoms with Crippen molar-refractivity contribution in [3.63, 3.8) is 0 Å². The topological polar surface area (TPSA) is 20.2 Å². The van der Waals surface area contributed by atoms with Crippen molar-refractivity contribution in [2.24, 2.45) is 0 Å². The van der Waals surface area contributed by atoms with Gasteiger partial charge < -0.3 is 5.11 Å². The highest BCUT2D eigenvalue weighted by Gasteiger charge is 2.25. The molecular formula is C11H17BrOS. The van der Waals surface area contributed by atoms with E-state index in [0.717, 1.165) is 30.2 Å². The first-order valence-corrected chi connectivity index (χ1v) is 6.73. The van der Waals surface area contributed by atoms with Crippen LogP contribution in [0.1, 0.15) is 38.0 Å². The molecule has 1 N–H and O–H groups in total. The zero-order chi connectivity index (χ0) is 10.6. The molecule has 0 aliphatic heterocycles. The van der Waals surface area contributed by atoms with Crippen LogP contribution < -0.4 is 0 Å². The summed E-state index contributed by atoms with van der Waals surface area (Å²) in [6, 6.07) is 2.04. The maximum Gasteiger partial charge on any atom is 0.0693 e. The molecule has 0 spiro atoms. The van der Waals surface area contributed by atoms with Gasteiger partial charge in [0.25, 0.3) is 0 Å². The molecule has 1 unspecified atom stereocenters. The molecule has 0 aliphatic carbocycles. The van der Waals surface area contributed by atoms with Crippen LogP contribution in [-0.2, 0) is 6.42 Å². The Kier molecular flexibility index (Phi) is 4.61. The molecular weight excluding hydrogens is 260 g/mol. The molecule has 14 heavy (non-hydrogen) atoms. The first-order valence-electron chi connectivity index (χ1n) is 5.05. The van der Waals surface area contributed by atoms with Gasteiger partial charge in [-0.05, 0) is 40.2 Å². The highest BCUT2D eigenvalue weighted by molar-refractivity contribution is 9.10. The maximum absolute atomic E-state index is 10.3. The van der Waals surface area contributed by atoms with Gasteiger partial charge in [-0.1, -0.05) is 20.3 Å². The standard InChI is InChI=1S/C11H17BrOS/c1-3-6-11(13,4-2)8-10-9(12)5-7-14-10/h5,7,13H,3-4,6,8H2,1-2H3. The minimum atomic E-state index is -0.512. The normalized spacial score (nSPS) is 15.4. The first-order chi connectivity index (χ1) is 6.61. The molecule has 0 saturated carbocycles. The van der Waals surface area contributed by atoms with Gasteiger partial charge in [-0.3, -0.25) is 0 Å². The minimum Gasteiger partial charge on any atom is -0.390 e. The summed E-state index contributed by atoms with van der Waals surface area (Å²) in [5.41, 5.74) is -0.512. The Balaban J connectivity index is 2.69. The highest BCUT2D eigenvalue weighted by Crippen LogP contribution is 2.30. The zero-order valence-corrected chi connectivity index (χ0v) is 11.1. The van der Waals surface area contributed by atoms with Gasteiger partial charge in [0.15, 0.2) is 0 Å². The number of rotatable bonds is 5. The summed E-state index contributed by atoms with van der Waals surface area (Å²) in [5.74, 6) is 0. The fraction of sp³-hybridized carbons (Fsp3) is 0.636. The largest absolute Gasteiger partial charge is 0.390 e. The highest BCUT2D eigenvalue weighted by atomic mass is 79.9. The third-order valence-electron chi connectivity index (χ3n) is 2.55. The molecule has 0 aromatic carbocycles. The van der Waals surface area contributed by atoms with Crippen molar-refractivity contribution >= 4 is 27.3 Å². The van der Waals surface area contributed by atoms with Crippen LogP contribution >= 0.6 is 27.3 Å². The summed E-state index contributed by atoms with van der Waals surface area (Å²) in [6.07, 6.45) is 3.52. The molecule has 0 radical (unpaired) electrons. The van der Waals surface area contributed by atoms with E-state index in [2.05, 4.69) is 35.2 Å². The molecule has 1 heterocycles. The number of aliphatic hydroxyl groups is 1. The lowest BCUT2D eigenvalue weighted by Crippen LogP contribution is -2.29. The van der Waals surface area contributed by atoms with Gasteiger partial charge in [-0.15, -0.1) is 11.3 Å². The quantitative estimate of drug-likeness (QED) is 0.862. The number of hydrogen-bond donors (Lipinski definition) is 1. The molecule has 1 aromatic heterocycles. The lowest BCUT2D eigenvalue weighted by molar-refractivity contribution is 0.0277. The van der Waals surface area contributed by atoms with Crippen LogP contribution in [-0.4, -0.2) is 10.7 Å². The van der Waals surface area contributed by atoms with Crippen molar-refractivity contribution in [3.05, 3.63) is 20.8 Å². The first kappa shape index (κ1) is 12.2. The molecule has 0 bridgehead atoms. The van der Waals surface area contributed by atoms with Crippen molar-refractivity contribution in [2.45, 2.75) is 45.1 Å². The van der Waals surface area contributed by atoms with Crippen molar-refractivity contribution in [2.75, 3.05) is 0 Å². The summed E-state index contributed by atoms with van der Waals surface area (Å²) < 4.78 is 1.13. The molecule has 0 fully saturated rings. The average Bonchev–Trinajstić information content (AvgIpc) is 2.52. The Labute approximate surface area is 98.3 Å². The van der Waals surface area contributed by atoms with Gasteiger partial charge in [0, 0.05) is 15.8 Å². The maximum atomic E-state index is 10.3. The van der Waals surface area contributed by atoms with Gasteiger partial charge in [0.05, 0.1) is 5.60 Å². The average molecular weight is 277 g/mol. The summed E-state index contributed by atoms with van der Waals surface area (Å²) in [4.78, 5) is 1.25. The van der Waals surface area contributed by atoms with E-state index in [1.54, 1.807) is 11.3 Å². The van der Waals surface area contributed by atoms with Gasteiger partial charge in [0.2, 0.25) is 0 Å². The Morgan fingerprint density at radius 1 is 1.50 bits per heavy atom. The van der Waals surface area contributed by atoms with Crippen molar-refractivity contribution < 1.29 is 5.11 Å². The van der Waals surface area contributed by atoms with Crippen LogP contribution in [0.15, 0.2) is 15.9 Å². The van der Waals surface area contributed by atoms with Crippen LogP contribution in [0.2, 0.25) is 0 Å². The fourth-order valence-electron chi connectivity index (χ4n) is 1.61. The lowest BCUT2D eigenvalue weighted by Gasteiger charge is -2.25. The second kappa shape index (κ2) is 5.29. The van der Waals surface area contributed by atoms with E-state index >= 15 is 0 Å². The van der Waals surface area contributed by atoms with E-state index < -0.39 is 5.60 Å². The molecule has 80 valence electrons. The number of thiophene rings is 1. The minimum absolute atomic E-state index is 0.512. The molecule has 0 amide bonds. The van der Waals surface area contributed by atoms with Crippen LogP contribution in [0, 0.1) is 0 Å². The van der Waals surface area contributed by atoms with Crippen molar-refractivity contribution in [1.82, 2.24) is 0 Å². The lowest BCUT2D eigenvalue weighted by atomic mass is 9.91. The number of halogens is 1. The Morgan fingerprint density at radius 3 is 2.64 bits per heavy atom. The van der Waals surface area contributed by atoms with Crippen LogP contribution in [0.4, 0.5) is 0 Å². The molecule has 0 aliphatic rings. The van der Waals surface area contributed by atoms with E-state index in [4.69, 9.17) is 0 Å². The van der Waals surface area contributed by atoms with Gasteiger partial charge in [-0.25, -0.2) is 0 Å². The molecule has 3 heteroatoms. The van der Waals surface area contributed by atoms with Crippen molar-refractivity contribution in [3.8, 4) is 0 Å². The summed E-state index contributed by atoms with van der Waals surface area (Å²) >= 11 is 5.21. The zero-order valence-electron chi connectivity index (χ0n) is 8.72. The third kappa shape index (κ3) is 3.07. The smallest absolute Gasteiger partial charge is 0.0693 e. The van der Waals surface area contributed by atoms with Gasteiger partial charge in [-0.2, -0.15) is 0 Å².